The van der Waals surface area contributed by atoms with Crippen molar-refractivity contribution in [1.29, 1.82) is 0 Å². The molecule has 2 saturated carbocycles. The molecule has 0 radical (unpaired) electrons. The van der Waals surface area contributed by atoms with E-state index < -0.39 is 0 Å². The number of aliphatic hydroxyl groups excluding tert-OH is 1. The molecule has 0 heterocycles. The molecule has 0 amide bonds. The van der Waals surface area contributed by atoms with E-state index in [9.17, 15) is 5.11 Å². The van der Waals surface area contributed by atoms with Crippen LogP contribution in [0.2, 0.25) is 0 Å². The largest absolute Gasteiger partial charge is 0.393 e. The van der Waals surface area contributed by atoms with E-state index in [1.165, 1.54) is 19.3 Å². The van der Waals surface area contributed by atoms with Gasteiger partial charge in [-0.15, -0.1) is 0 Å². The molecule has 0 unspecified atom stereocenters. The van der Waals surface area contributed by atoms with E-state index >= 15 is 0 Å². The molecule has 2 aliphatic carbocycles. The minimum atomic E-state index is 0.0440. The van der Waals surface area contributed by atoms with Crippen molar-refractivity contribution < 1.29 is 5.11 Å². The minimum absolute atomic E-state index is 0.0440. The SMILES string of the molecule is C[C@@H]1CC[C@H]2CC[C@@H](O)[C@H]21. The van der Waals surface area contributed by atoms with Crippen LogP contribution in [0.5, 0.6) is 0 Å². The van der Waals surface area contributed by atoms with Crippen molar-refractivity contribution in [2.24, 2.45) is 17.8 Å². The van der Waals surface area contributed by atoms with E-state index in [1.54, 1.807) is 0 Å². The molecule has 1 N–H and O–H groups in total. The second kappa shape index (κ2) is 2.23. The molecule has 0 aromatic heterocycles. The third-order valence-electron chi connectivity index (χ3n) is 3.47. The van der Waals surface area contributed by atoms with Crippen LogP contribution >= 0.6 is 0 Å². The summed E-state index contributed by atoms with van der Waals surface area (Å²) < 4.78 is 0. The van der Waals surface area contributed by atoms with Crippen LogP contribution in [0, 0.1) is 17.8 Å². The molecule has 1 nitrogen and oxygen atoms in total. The summed E-state index contributed by atoms with van der Waals surface area (Å²) in [5, 5.41) is 9.57. The lowest BCUT2D eigenvalue weighted by molar-refractivity contribution is 0.104. The Bertz CT molecular complexity index is 119. The summed E-state index contributed by atoms with van der Waals surface area (Å²) in [6, 6.07) is 0. The maximum Gasteiger partial charge on any atom is 0.0573 e. The zero-order chi connectivity index (χ0) is 7.14. The molecule has 0 spiro atoms. The molecular formula is C9H16O. The fourth-order valence-electron chi connectivity index (χ4n) is 2.93. The first-order valence-corrected chi connectivity index (χ1v) is 4.47. The summed E-state index contributed by atoms with van der Waals surface area (Å²) in [5.74, 6) is 2.34. The molecule has 2 aliphatic rings. The second-order valence-corrected chi connectivity index (χ2v) is 4.04. The summed E-state index contributed by atoms with van der Waals surface area (Å²) >= 11 is 0. The third-order valence-corrected chi connectivity index (χ3v) is 3.47. The molecule has 0 bridgehead atoms. The molecule has 10 heavy (non-hydrogen) atoms. The van der Waals surface area contributed by atoms with Gasteiger partial charge in [-0.05, 0) is 37.0 Å². The predicted molar refractivity (Wildman–Crippen MR) is 40.6 cm³/mol. The quantitative estimate of drug-likeness (QED) is 0.544. The van der Waals surface area contributed by atoms with Crippen LogP contribution < -0.4 is 0 Å². The van der Waals surface area contributed by atoms with Gasteiger partial charge in [-0.1, -0.05) is 13.3 Å². The van der Waals surface area contributed by atoms with E-state index in [-0.39, 0.29) is 6.10 Å². The Morgan fingerprint density at radius 1 is 1.10 bits per heavy atom. The highest BCUT2D eigenvalue weighted by atomic mass is 16.3. The van der Waals surface area contributed by atoms with Gasteiger partial charge >= 0.3 is 0 Å². The van der Waals surface area contributed by atoms with E-state index in [1.807, 2.05) is 0 Å². The van der Waals surface area contributed by atoms with Crippen molar-refractivity contribution in [3.05, 3.63) is 0 Å². The fraction of sp³-hybridized carbons (Fsp3) is 1.00. The maximum absolute atomic E-state index is 9.57. The summed E-state index contributed by atoms with van der Waals surface area (Å²) in [7, 11) is 0. The van der Waals surface area contributed by atoms with Crippen LogP contribution in [-0.2, 0) is 0 Å². The number of rotatable bonds is 0. The van der Waals surface area contributed by atoms with Gasteiger partial charge in [0.15, 0.2) is 0 Å². The van der Waals surface area contributed by atoms with Gasteiger partial charge < -0.3 is 5.11 Å². The zero-order valence-corrected chi connectivity index (χ0v) is 6.59. The van der Waals surface area contributed by atoms with E-state index in [2.05, 4.69) is 6.92 Å². The molecule has 4 atom stereocenters. The molecule has 0 aromatic rings. The molecule has 2 rings (SSSR count). The van der Waals surface area contributed by atoms with Gasteiger partial charge in [0.05, 0.1) is 6.10 Å². The van der Waals surface area contributed by atoms with Crippen molar-refractivity contribution in [3.63, 3.8) is 0 Å². The summed E-state index contributed by atoms with van der Waals surface area (Å²) in [5.41, 5.74) is 0. The molecule has 1 heteroatoms. The average molecular weight is 140 g/mol. The lowest BCUT2D eigenvalue weighted by Gasteiger charge is -2.17. The van der Waals surface area contributed by atoms with Crippen LogP contribution in [0.25, 0.3) is 0 Å². The highest BCUT2D eigenvalue weighted by Gasteiger charge is 2.42. The second-order valence-electron chi connectivity index (χ2n) is 4.04. The number of hydrogen-bond acceptors (Lipinski definition) is 1. The maximum atomic E-state index is 9.57. The van der Waals surface area contributed by atoms with Gasteiger partial charge in [0.2, 0.25) is 0 Å². The average Bonchev–Trinajstić information content (AvgIpc) is 2.40. The van der Waals surface area contributed by atoms with Crippen molar-refractivity contribution in [1.82, 2.24) is 0 Å². The molecular weight excluding hydrogens is 124 g/mol. The van der Waals surface area contributed by atoms with Crippen molar-refractivity contribution in [2.45, 2.75) is 38.7 Å². The van der Waals surface area contributed by atoms with Gasteiger partial charge in [0.1, 0.15) is 0 Å². The molecule has 0 saturated heterocycles. The fourth-order valence-corrected chi connectivity index (χ4v) is 2.93. The summed E-state index contributed by atoms with van der Waals surface area (Å²) in [4.78, 5) is 0. The normalized spacial score (nSPS) is 53.4. The zero-order valence-electron chi connectivity index (χ0n) is 6.59. The summed E-state index contributed by atoms with van der Waals surface area (Å²) in [6.45, 7) is 2.29. The van der Waals surface area contributed by atoms with Gasteiger partial charge in [0, 0.05) is 0 Å². The van der Waals surface area contributed by atoms with Gasteiger partial charge in [-0.3, -0.25) is 0 Å². The first-order valence-electron chi connectivity index (χ1n) is 4.47. The van der Waals surface area contributed by atoms with Crippen molar-refractivity contribution >= 4 is 0 Å². The van der Waals surface area contributed by atoms with Crippen molar-refractivity contribution in [2.75, 3.05) is 0 Å². The lowest BCUT2D eigenvalue weighted by Crippen LogP contribution is -2.19. The molecule has 0 aliphatic heterocycles. The minimum Gasteiger partial charge on any atom is -0.393 e. The first-order chi connectivity index (χ1) is 4.79. The van der Waals surface area contributed by atoms with Crippen LogP contribution in [0.3, 0.4) is 0 Å². The molecule has 0 aromatic carbocycles. The standard InChI is InChI=1S/C9H16O/c1-6-2-3-7-4-5-8(10)9(6)7/h6-10H,2-5H2,1H3/t6-,7+,8-,9+/m1/s1. The van der Waals surface area contributed by atoms with Crippen LogP contribution in [0.4, 0.5) is 0 Å². The van der Waals surface area contributed by atoms with Gasteiger partial charge in [-0.25, -0.2) is 0 Å². The number of fused-ring (bicyclic) bond motifs is 1. The molecule has 2 fully saturated rings. The first kappa shape index (κ1) is 6.66. The Morgan fingerprint density at radius 2 is 1.80 bits per heavy atom. The Hall–Kier alpha value is -0.0400. The Labute approximate surface area is 62.4 Å². The van der Waals surface area contributed by atoms with Gasteiger partial charge in [0.25, 0.3) is 0 Å². The van der Waals surface area contributed by atoms with Crippen LogP contribution in [-0.4, -0.2) is 11.2 Å². The predicted octanol–water partition coefficient (Wildman–Crippen LogP) is 1.80. The third kappa shape index (κ3) is 0.800. The Morgan fingerprint density at radius 3 is 2.50 bits per heavy atom. The number of aliphatic hydroxyl groups is 1. The van der Waals surface area contributed by atoms with E-state index in [0.717, 1.165) is 18.3 Å². The Balaban J connectivity index is 2.11. The van der Waals surface area contributed by atoms with Crippen LogP contribution in [0.1, 0.15) is 32.6 Å². The highest BCUT2D eigenvalue weighted by Crippen LogP contribution is 2.47. The van der Waals surface area contributed by atoms with E-state index in [4.69, 9.17) is 0 Å². The summed E-state index contributed by atoms with van der Waals surface area (Å²) in [6.07, 6.45) is 5.13. The highest BCUT2D eigenvalue weighted by molar-refractivity contribution is 4.92. The lowest BCUT2D eigenvalue weighted by atomic mass is 9.92. The van der Waals surface area contributed by atoms with E-state index in [0.29, 0.717) is 5.92 Å². The van der Waals surface area contributed by atoms with Gasteiger partial charge in [-0.2, -0.15) is 0 Å². The topological polar surface area (TPSA) is 20.2 Å². The van der Waals surface area contributed by atoms with Crippen molar-refractivity contribution in [3.8, 4) is 0 Å². The smallest absolute Gasteiger partial charge is 0.0573 e. The monoisotopic (exact) mass is 140 g/mol. The number of hydrogen-bond donors (Lipinski definition) is 1. The Kier molecular flexibility index (Phi) is 1.48. The van der Waals surface area contributed by atoms with Crippen LogP contribution in [0.15, 0.2) is 0 Å². The molecule has 58 valence electrons.